The lowest BCUT2D eigenvalue weighted by Crippen LogP contribution is -2.39. The fourth-order valence-corrected chi connectivity index (χ4v) is 4.05. The number of amides is 1. The normalized spacial score (nSPS) is 22.4. The molecule has 0 atom stereocenters. The lowest BCUT2D eigenvalue weighted by atomic mass is 9.96. The number of nitrogens with one attached hydrogen (secondary N) is 1. The summed E-state index contributed by atoms with van der Waals surface area (Å²) in [7, 11) is 0. The first kappa shape index (κ1) is 17.0. The third-order valence-corrected chi connectivity index (χ3v) is 5.88. The highest BCUT2D eigenvalue weighted by atomic mass is 35.5. The van der Waals surface area contributed by atoms with E-state index in [1.54, 1.807) is 6.20 Å². The van der Waals surface area contributed by atoms with Gasteiger partial charge in [0.2, 0.25) is 5.95 Å². The minimum Gasteiger partial charge on any atom is -0.350 e. The summed E-state index contributed by atoms with van der Waals surface area (Å²) in [5.74, 6) is 0.986. The van der Waals surface area contributed by atoms with E-state index in [4.69, 9.17) is 11.6 Å². The molecule has 1 aliphatic carbocycles. The number of hydrogen-bond donors (Lipinski definition) is 1. The van der Waals surface area contributed by atoms with Gasteiger partial charge in [0.25, 0.3) is 5.91 Å². The Hall–Kier alpha value is -1.40. The number of likely N-dealkylation sites (tertiary alicyclic amines) is 1. The SMILES string of the molecule is O=C(NCC1CCN(C2CC2)CC1)c1nc(N2CCCC2)ncc1Cl. The number of piperidine rings is 1. The molecule has 1 amide bonds. The van der Waals surface area contributed by atoms with E-state index in [2.05, 4.69) is 25.1 Å². The molecular formula is C18H26ClN5O. The summed E-state index contributed by atoms with van der Waals surface area (Å²) in [6, 6.07) is 0.847. The van der Waals surface area contributed by atoms with Gasteiger partial charge in [0.1, 0.15) is 0 Å². The molecule has 1 N–H and O–H groups in total. The molecule has 136 valence electrons. The summed E-state index contributed by atoms with van der Waals surface area (Å²) in [4.78, 5) is 26.0. The number of aromatic nitrogens is 2. The molecule has 3 fully saturated rings. The van der Waals surface area contributed by atoms with E-state index in [0.29, 0.717) is 29.1 Å². The van der Waals surface area contributed by atoms with E-state index in [0.717, 1.165) is 44.8 Å². The maximum Gasteiger partial charge on any atom is 0.271 e. The van der Waals surface area contributed by atoms with Crippen LogP contribution in [0.25, 0.3) is 0 Å². The van der Waals surface area contributed by atoms with Gasteiger partial charge in [0.15, 0.2) is 5.69 Å². The molecule has 2 aliphatic heterocycles. The lowest BCUT2D eigenvalue weighted by molar-refractivity contribution is 0.0930. The molecule has 0 unspecified atom stereocenters. The molecule has 7 heteroatoms. The topological polar surface area (TPSA) is 61.4 Å². The van der Waals surface area contributed by atoms with Gasteiger partial charge in [-0.3, -0.25) is 4.79 Å². The average Bonchev–Trinajstić information content (AvgIpc) is 3.35. The van der Waals surface area contributed by atoms with Crippen LogP contribution in [-0.4, -0.2) is 59.5 Å². The van der Waals surface area contributed by atoms with Crippen LogP contribution in [0.5, 0.6) is 0 Å². The summed E-state index contributed by atoms with van der Waals surface area (Å²) in [6.07, 6.45) is 8.89. The van der Waals surface area contributed by atoms with Crippen LogP contribution in [0.1, 0.15) is 49.0 Å². The predicted octanol–water partition coefficient (Wildman–Crippen LogP) is 2.33. The molecular weight excluding hydrogens is 338 g/mol. The quantitative estimate of drug-likeness (QED) is 0.870. The number of halogens is 1. The summed E-state index contributed by atoms with van der Waals surface area (Å²) in [6.45, 7) is 4.93. The van der Waals surface area contributed by atoms with Crippen molar-refractivity contribution in [2.24, 2.45) is 5.92 Å². The van der Waals surface area contributed by atoms with Crippen molar-refractivity contribution in [1.82, 2.24) is 20.2 Å². The van der Waals surface area contributed by atoms with Crippen LogP contribution in [0.4, 0.5) is 5.95 Å². The fraction of sp³-hybridized carbons (Fsp3) is 0.722. The highest BCUT2D eigenvalue weighted by molar-refractivity contribution is 6.33. The predicted molar refractivity (Wildman–Crippen MR) is 98.1 cm³/mol. The minimum absolute atomic E-state index is 0.183. The molecule has 1 aromatic heterocycles. The van der Waals surface area contributed by atoms with Crippen LogP contribution in [-0.2, 0) is 0 Å². The van der Waals surface area contributed by atoms with Crippen LogP contribution < -0.4 is 10.2 Å². The molecule has 1 aromatic rings. The van der Waals surface area contributed by atoms with E-state index in [-0.39, 0.29) is 5.91 Å². The fourth-order valence-electron chi connectivity index (χ4n) is 3.87. The van der Waals surface area contributed by atoms with E-state index in [1.807, 2.05) is 0 Å². The summed E-state index contributed by atoms with van der Waals surface area (Å²) in [5.41, 5.74) is 0.300. The first-order chi connectivity index (χ1) is 12.2. The van der Waals surface area contributed by atoms with Gasteiger partial charge >= 0.3 is 0 Å². The summed E-state index contributed by atoms with van der Waals surface area (Å²) in [5, 5.41) is 3.36. The Labute approximate surface area is 153 Å². The van der Waals surface area contributed by atoms with Crippen molar-refractivity contribution in [3.8, 4) is 0 Å². The first-order valence-corrected chi connectivity index (χ1v) is 9.88. The number of hydrogen-bond acceptors (Lipinski definition) is 5. The van der Waals surface area contributed by atoms with E-state index < -0.39 is 0 Å². The van der Waals surface area contributed by atoms with Gasteiger partial charge in [-0.2, -0.15) is 0 Å². The van der Waals surface area contributed by atoms with Crippen molar-refractivity contribution in [3.63, 3.8) is 0 Å². The van der Waals surface area contributed by atoms with Crippen LogP contribution in [0.2, 0.25) is 5.02 Å². The Balaban J connectivity index is 1.32. The average molecular weight is 364 g/mol. The maximum atomic E-state index is 12.5. The van der Waals surface area contributed by atoms with Gasteiger partial charge in [-0.15, -0.1) is 0 Å². The molecule has 3 aliphatic rings. The molecule has 0 radical (unpaired) electrons. The molecule has 0 aromatic carbocycles. The van der Waals surface area contributed by atoms with Gasteiger partial charge in [-0.05, 0) is 57.5 Å². The van der Waals surface area contributed by atoms with Crippen molar-refractivity contribution in [2.45, 2.75) is 44.6 Å². The largest absolute Gasteiger partial charge is 0.350 e. The zero-order chi connectivity index (χ0) is 17.2. The molecule has 0 spiro atoms. The van der Waals surface area contributed by atoms with Gasteiger partial charge in [0, 0.05) is 25.7 Å². The second-order valence-electron chi connectivity index (χ2n) is 7.48. The highest BCUT2D eigenvalue weighted by Crippen LogP contribution is 2.30. The Kier molecular flexibility index (Phi) is 5.08. The second-order valence-corrected chi connectivity index (χ2v) is 7.89. The maximum absolute atomic E-state index is 12.5. The van der Waals surface area contributed by atoms with Crippen molar-refractivity contribution in [3.05, 3.63) is 16.9 Å². The Morgan fingerprint density at radius 3 is 2.56 bits per heavy atom. The molecule has 1 saturated carbocycles. The number of anilines is 1. The minimum atomic E-state index is -0.183. The van der Waals surface area contributed by atoms with Crippen LogP contribution >= 0.6 is 11.6 Å². The lowest BCUT2D eigenvalue weighted by Gasteiger charge is -2.32. The Morgan fingerprint density at radius 2 is 1.88 bits per heavy atom. The summed E-state index contributed by atoms with van der Waals surface area (Å²) >= 11 is 6.17. The summed E-state index contributed by atoms with van der Waals surface area (Å²) < 4.78 is 0. The standard InChI is InChI=1S/C18H26ClN5O/c19-15-12-21-18(24-7-1-2-8-24)22-16(15)17(25)20-11-13-5-9-23(10-6-13)14-3-4-14/h12-14H,1-11H2,(H,20,25). The molecule has 4 rings (SSSR count). The van der Waals surface area contributed by atoms with Crippen LogP contribution in [0, 0.1) is 5.92 Å². The number of carbonyl (C=O) groups is 1. The number of carbonyl (C=O) groups excluding carboxylic acids is 1. The molecule has 3 heterocycles. The monoisotopic (exact) mass is 363 g/mol. The number of rotatable bonds is 5. The number of nitrogens with zero attached hydrogens (tertiary/aromatic N) is 4. The smallest absolute Gasteiger partial charge is 0.271 e. The third kappa shape index (κ3) is 4.06. The third-order valence-electron chi connectivity index (χ3n) is 5.60. The van der Waals surface area contributed by atoms with Gasteiger partial charge in [-0.25, -0.2) is 9.97 Å². The zero-order valence-electron chi connectivity index (χ0n) is 14.6. The van der Waals surface area contributed by atoms with Crippen molar-refractivity contribution in [1.29, 1.82) is 0 Å². The Morgan fingerprint density at radius 1 is 1.16 bits per heavy atom. The van der Waals surface area contributed by atoms with Gasteiger partial charge < -0.3 is 15.1 Å². The second kappa shape index (κ2) is 7.46. The molecule has 0 bridgehead atoms. The zero-order valence-corrected chi connectivity index (χ0v) is 15.3. The van der Waals surface area contributed by atoms with E-state index >= 15 is 0 Å². The van der Waals surface area contributed by atoms with E-state index in [1.165, 1.54) is 25.9 Å². The van der Waals surface area contributed by atoms with Crippen molar-refractivity contribution < 1.29 is 4.79 Å². The van der Waals surface area contributed by atoms with Crippen molar-refractivity contribution >= 4 is 23.5 Å². The molecule has 25 heavy (non-hydrogen) atoms. The highest BCUT2D eigenvalue weighted by Gasteiger charge is 2.31. The van der Waals surface area contributed by atoms with Crippen LogP contribution in [0.3, 0.4) is 0 Å². The van der Waals surface area contributed by atoms with Gasteiger partial charge in [-0.1, -0.05) is 11.6 Å². The van der Waals surface area contributed by atoms with Crippen LogP contribution in [0.15, 0.2) is 6.20 Å². The molecule has 2 saturated heterocycles. The van der Waals surface area contributed by atoms with E-state index in [9.17, 15) is 4.79 Å². The van der Waals surface area contributed by atoms with Crippen molar-refractivity contribution in [2.75, 3.05) is 37.6 Å². The first-order valence-electron chi connectivity index (χ1n) is 9.50. The molecule has 6 nitrogen and oxygen atoms in total. The van der Waals surface area contributed by atoms with Gasteiger partial charge in [0.05, 0.1) is 11.2 Å². The Bertz CT molecular complexity index is 622.